The summed E-state index contributed by atoms with van der Waals surface area (Å²) in [4.78, 5) is 21.2. The van der Waals surface area contributed by atoms with Crippen molar-refractivity contribution in [3.63, 3.8) is 0 Å². The molecule has 7 nitrogen and oxygen atoms in total. The first-order chi connectivity index (χ1) is 7.78. The van der Waals surface area contributed by atoms with E-state index in [1.54, 1.807) is 0 Å². The number of non-ortho nitro benzene ring substituents is 1. The van der Waals surface area contributed by atoms with Gasteiger partial charge in [-0.2, -0.15) is 0 Å². The van der Waals surface area contributed by atoms with Crippen LogP contribution in [0.4, 0.5) is 16.2 Å². The molecule has 0 aromatic heterocycles. The number of rotatable bonds is 3. The van der Waals surface area contributed by atoms with Crippen molar-refractivity contribution < 1.29 is 13.9 Å². The van der Waals surface area contributed by atoms with Crippen LogP contribution in [-0.4, -0.2) is 27.3 Å². The number of carbonyl (C=O) groups is 1. The lowest BCUT2D eigenvalue weighted by atomic mass is 10.3. The van der Waals surface area contributed by atoms with Crippen LogP contribution in [-0.2, 0) is 9.71 Å². The molecule has 0 heterocycles. The molecule has 0 saturated carbocycles. The summed E-state index contributed by atoms with van der Waals surface area (Å²) in [7, 11) is -2.67. The van der Waals surface area contributed by atoms with Gasteiger partial charge in [0.05, 0.1) is 4.92 Å². The number of nitro benzene ring substituents is 1. The maximum absolute atomic E-state index is 11.3. The van der Waals surface area contributed by atoms with E-state index < -0.39 is 20.7 Å². The number of carbonyl (C=O) groups excluding carboxylic acids is 1. The van der Waals surface area contributed by atoms with Gasteiger partial charge in [0.25, 0.3) is 5.69 Å². The molecule has 0 aliphatic carbocycles. The number of hydrogen-bond donors (Lipinski definition) is 2. The van der Waals surface area contributed by atoms with Crippen LogP contribution in [0.1, 0.15) is 0 Å². The number of amides is 2. The maximum Gasteiger partial charge on any atom is 0.330 e. The molecule has 0 bridgehead atoms. The third-order valence-corrected chi connectivity index (χ3v) is 2.24. The third kappa shape index (κ3) is 4.51. The zero-order chi connectivity index (χ0) is 13.1. The molecular weight excluding hydrogens is 246 g/mol. The molecule has 92 valence electrons. The predicted molar refractivity (Wildman–Crippen MR) is 66.4 cm³/mol. The number of nitrogens with one attached hydrogen (secondary N) is 2. The second kappa shape index (κ2) is 4.83. The van der Waals surface area contributed by atoms with Gasteiger partial charge < -0.3 is 5.32 Å². The minimum Gasteiger partial charge on any atom is -0.307 e. The molecule has 2 N–H and O–H groups in total. The number of hydrogen-bond acceptors (Lipinski definition) is 4. The standard InChI is InChI=1S/C9H11N3O4S/c1-17(2,16)11-9(13)10-7-4-3-5-8(6-7)12(14)15/h3-6H,1H2,2H3,(H2,10,11,13,16). The van der Waals surface area contributed by atoms with Gasteiger partial charge in [-0.15, -0.1) is 0 Å². The van der Waals surface area contributed by atoms with Gasteiger partial charge >= 0.3 is 6.03 Å². The molecule has 0 aliphatic rings. The van der Waals surface area contributed by atoms with Crippen LogP contribution in [0, 0.1) is 10.1 Å². The van der Waals surface area contributed by atoms with Crippen LogP contribution in [0.3, 0.4) is 0 Å². The molecule has 17 heavy (non-hydrogen) atoms. The average Bonchev–Trinajstić information content (AvgIpc) is 2.14. The topological polar surface area (TPSA) is 101 Å². The quantitative estimate of drug-likeness (QED) is 0.478. The summed E-state index contributed by atoms with van der Waals surface area (Å²) in [5.74, 6) is 3.25. The fourth-order valence-electron chi connectivity index (χ4n) is 1.05. The Hall–Kier alpha value is -2.09. The van der Waals surface area contributed by atoms with E-state index in [1.807, 2.05) is 0 Å². The number of urea groups is 1. The lowest BCUT2D eigenvalue weighted by Gasteiger charge is -2.07. The lowest BCUT2D eigenvalue weighted by molar-refractivity contribution is -0.384. The van der Waals surface area contributed by atoms with E-state index in [9.17, 15) is 19.1 Å². The highest BCUT2D eigenvalue weighted by atomic mass is 32.2. The molecule has 0 radical (unpaired) electrons. The van der Waals surface area contributed by atoms with Crippen molar-refractivity contribution in [2.24, 2.45) is 0 Å². The molecule has 0 fully saturated rings. The van der Waals surface area contributed by atoms with E-state index in [4.69, 9.17) is 0 Å². The first kappa shape index (κ1) is 13.0. The smallest absolute Gasteiger partial charge is 0.307 e. The van der Waals surface area contributed by atoms with Crippen LogP contribution in [0.25, 0.3) is 0 Å². The molecule has 1 unspecified atom stereocenters. The van der Waals surface area contributed by atoms with Crippen LogP contribution in [0.15, 0.2) is 24.3 Å². The first-order valence-corrected chi connectivity index (χ1v) is 6.57. The van der Waals surface area contributed by atoms with E-state index in [-0.39, 0.29) is 11.4 Å². The van der Waals surface area contributed by atoms with Gasteiger partial charge in [-0.3, -0.25) is 14.8 Å². The van der Waals surface area contributed by atoms with Gasteiger partial charge in [0.1, 0.15) is 0 Å². The monoisotopic (exact) mass is 257 g/mol. The van der Waals surface area contributed by atoms with Crippen molar-refractivity contribution in [3.8, 4) is 0 Å². The van der Waals surface area contributed by atoms with Crippen LogP contribution in [0.5, 0.6) is 0 Å². The molecule has 1 rings (SSSR count). The second-order valence-corrected chi connectivity index (χ2v) is 5.58. The van der Waals surface area contributed by atoms with Crippen molar-refractivity contribution in [1.82, 2.24) is 4.72 Å². The normalized spacial score (nSPS) is 13.5. The molecule has 8 heteroatoms. The van der Waals surface area contributed by atoms with E-state index >= 15 is 0 Å². The average molecular weight is 257 g/mol. The molecule has 1 atom stereocenters. The Morgan fingerprint density at radius 3 is 2.71 bits per heavy atom. The number of anilines is 1. The summed E-state index contributed by atoms with van der Waals surface area (Å²) in [5.41, 5.74) is 0.0926. The first-order valence-electron chi connectivity index (χ1n) is 4.43. The Balaban J connectivity index is 2.79. The Kier molecular flexibility index (Phi) is 3.69. The lowest BCUT2D eigenvalue weighted by Crippen LogP contribution is -2.33. The van der Waals surface area contributed by atoms with Gasteiger partial charge in [0.2, 0.25) is 0 Å². The SMILES string of the molecule is C=S(C)(=O)NC(=O)Nc1cccc([N+](=O)[O-])c1. The van der Waals surface area contributed by atoms with E-state index in [1.165, 1.54) is 30.5 Å². The highest BCUT2D eigenvalue weighted by Gasteiger charge is 2.08. The van der Waals surface area contributed by atoms with Crippen molar-refractivity contribution in [2.45, 2.75) is 0 Å². The summed E-state index contributed by atoms with van der Waals surface area (Å²) >= 11 is 0. The molecule has 0 spiro atoms. The fraction of sp³-hybridized carbons (Fsp3) is 0.111. The maximum atomic E-state index is 11.3. The molecular formula is C9H11N3O4S. The Morgan fingerprint density at radius 1 is 1.53 bits per heavy atom. The number of nitro groups is 1. The van der Waals surface area contributed by atoms with E-state index in [2.05, 4.69) is 15.9 Å². The van der Waals surface area contributed by atoms with Crippen molar-refractivity contribution >= 4 is 33.0 Å². The summed E-state index contributed by atoms with van der Waals surface area (Å²) in [6.07, 6.45) is 1.26. The van der Waals surface area contributed by atoms with Crippen molar-refractivity contribution in [2.75, 3.05) is 11.6 Å². The minimum atomic E-state index is -2.67. The van der Waals surface area contributed by atoms with Gasteiger partial charge in [0, 0.05) is 33.8 Å². The minimum absolute atomic E-state index is 0.144. The number of nitrogens with zero attached hydrogens (tertiary/aromatic N) is 1. The van der Waals surface area contributed by atoms with Crippen LogP contribution in [0.2, 0.25) is 0 Å². The second-order valence-electron chi connectivity index (χ2n) is 3.37. The highest BCUT2D eigenvalue weighted by molar-refractivity contribution is 7.98. The zero-order valence-electron chi connectivity index (χ0n) is 9.00. The van der Waals surface area contributed by atoms with Gasteiger partial charge in [-0.05, 0) is 11.9 Å². The van der Waals surface area contributed by atoms with Crippen molar-refractivity contribution in [3.05, 3.63) is 34.4 Å². The molecule has 2 amide bonds. The van der Waals surface area contributed by atoms with Crippen LogP contribution >= 0.6 is 0 Å². The number of benzene rings is 1. The summed E-state index contributed by atoms with van der Waals surface area (Å²) < 4.78 is 13.3. The molecule has 0 aliphatic heterocycles. The molecule has 1 aromatic rings. The van der Waals surface area contributed by atoms with Crippen molar-refractivity contribution in [1.29, 1.82) is 0 Å². The predicted octanol–water partition coefficient (Wildman–Crippen LogP) is 0.977. The van der Waals surface area contributed by atoms with Gasteiger partial charge in [0.15, 0.2) is 0 Å². The van der Waals surface area contributed by atoms with Gasteiger partial charge in [-0.1, -0.05) is 6.07 Å². The third-order valence-electron chi connectivity index (χ3n) is 1.62. The Labute approximate surface area is 98.1 Å². The summed E-state index contributed by atoms with van der Waals surface area (Å²) in [5, 5.41) is 12.8. The zero-order valence-corrected chi connectivity index (χ0v) is 9.82. The van der Waals surface area contributed by atoms with E-state index in [0.717, 1.165) is 0 Å². The summed E-state index contributed by atoms with van der Waals surface area (Å²) in [6, 6.07) is 4.68. The molecule has 0 saturated heterocycles. The highest BCUT2D eigenvalue weighted by Crippen LogP contribution is 2.16. The molecule has 1 aromatic carbocycles. The summed E-state index contributed by atoms with van der Waals surface area (Å²) in [6.45, 7) is 0. The Bertz CT molecular complexity index is 553. The fourth-order valence-corrected chi connectivity index (χ4v) is 1.49. The largest absolute Gasteiger partial charge is 0.330 e. The van der Waals surface area contributed by atoms with Gasteiger partial charge in [-0.25, -0.2) is 9.00 Å². The Morgan fingerprint density at radius 2 is 2.18 bits per heavy atom. The van der Waals surface area contributed by atoms with Crippen LogP contribution < -0.4 is 10.0 Å². The van der Waals surface area contributed by atoms with E-state index in [0.29, 0.717) is 0 Å².